The minimum atomic E-state index is -0.440. The number of carbonyl (C=O) groups excluding carboxylic acids is 1. The number of nitrogens with two attached hydrogens (primary N) is 1. The Morgan fingerprint density at radius 3 is 2.90 bits per heavy atom. The number of hydrogen-bond acceptors (Lipinski definition) is 4. The van der Waals surface area contributed by atoms with Crippen molar-refractivity contribution in [3.63, 3.8) is 0 Å². The Hall–Kier alpha value is -3.12. The molecule has 1 saturated carbocycles. The molecule has 2 atom stereocenters. The number of ether oxygens (including phenoxy) is 1. The lowest BCUT2D eigenvalue weighted by Crippen LogP contribution is -2.52. The van der Waals surface area contributed by atoms with Crippen LogP contribution in [0.2, 0.25) is 0 Å². The average Bonchev–Trinajstić information content (AvgIpc) is 3.46. The van der Waals surface area contributed by atoms with Crippen LogP contribution in [0.3, 0.4) is 0 Å². The summed E-state index contributed by atoms with van der Waals surface area (Å²) in [6.45, 7) is 0.513. The first kappa shape index (κ1) is 17.9. The molecule has 2 heterocycles. The zero-order valence-electron chi connectivity index (χ0n) is 16.4. The summed E-state index contributed by atoms with van der Waals surface area (Å²) in [5.41, 5.74) is 11.0. The van der Waals surface area contributed by atoms with Crippen LogP contribution in [0.5, 0.6) is 5.75 Å². The highest BCUT2D eigenvalue weighted by molar-refractivity contribution is 6.01. The molecule has 5 rings (SSSR count). The lowest BCUT2D eigenvalue weighted by atomic mass is 9.84. The van der Waals surface area contributed by atoms with E-state index in [1.165, 1.54) is 0 Å². The second-order valence-electron chi connectivity index (χ2n) is 7.91. The molecule has 2 aromatic carbocycles. The quantitative estimate of drug-likeness (QED) is 0.717. The molecule has 148 valence electrons. The number of aromatic nitrogens is 2. The molecule has 3 N–H and O–H groups in total. The van der Waals surface area contributed by atoms with Gasteiger partial charge >= 0.3 is 0 Å². The molecule has 29 heavy (non-hydrogen) atoms. The van der Waals surface area contributed by atoms with Crippen molar-refractivity contribution >= 4 is 5.91 Å². The van der Waals surface area contributed by atoms with E-state index < -0.39 is 5.54 Å². The third-order valence-electron chi connectivity index (χ3n) is 6.44. The monoisotopic (exact) mass is 388 g/mol. The number of carbonyl (C=O) groups is 1. The molecule has 6 heteroatoms. The second-order valence-corrected chi connectivity index (χ2v) is 7.91. The number of aromatic amines is 1. The van der Waals surface area contributed by atoms with Crippen LogP contribution in [-0.2, 0) is 12.1 Å². The van der Waals surface area contributed by atoms with Gasteiger partial charge in [0.25, 0.3) is 5.91 Å². The van der Waals surface area contributed by atoms with Gasteiger partial charge in [-0.15, -0.1) is 0 Å². The van der Waals surface area contributed by atoms with Crippen LogP contribution < -0.4 is 10.5 Å². The van der Waals surface area contributed by atoms with Gasteiger partial charge in [0.05, 0.1) is 18.8 Å². The van der Waals surface area contributed by atoms with E-state index in [-0.39, 0.29) is 11.9 Å². The Labute approximate surface area is 169 Å². The number of nitrogens with one attached hydrogen (secondary N) is 1. The molecule has 1 aliphatic carbocycles. The standard InChI is InChI=1S/C23H24N4O2/c1-29-18-5-2-4-15(10-18)14-27-22(28)19-11-16(17-12-25-26-13-17)7-8-20(19)23(27)9-3-6-21(23)24/h2,4-5,7-8,10-13,21H,3,6,9,14,24H2,1H3,(H,25,26). The molecule has 1 aromatic heterocycles. The van der Waals surface area contributed by atoms with E-state index in [9.17, 15) is 4.79 Å². The Kier molecular flexibility index (Phi) is 4.17. The Balaban J connectivity index is 1.59. The Morgan fingerprint density at radius 2 is 2.17 bits per heavy atom. The first-order valence-electron chi connectivity index (χ1n) is 9.97. The zero-order chi connectivity index (χ0) is 20.0. The van der Waals surface area contributed by atoms with Gasteiger partial charge in [0.2, 0.25) is 0 Å². The summed E-state index contributed by atoms with van der Waals surface area (Å²) in [6.07, 6.45) is 6.44. The third kappa shape index (κ3) is 2.67. The lowest BCUT2D eigenvalue weighted by molar-refractivity contribution is 0.0486. The molecule has 0 saturated heterocycles. The minimum Gasteiger partial charge on any atom is -0.497 e. The molecule has 0 bridgehead atoms. The summed E-state index contributed by atoms with van der Waals surface area (Å²) in [4.78, 5) is 15.6. The zero-order valence-corrected chi connectivity index (χ0v) is 16.4. The van der Waals surface area contributed by atoms with Crippen LogP contribution in [0.1, 0.15) is 40.7 Å². The highest BCUT2D eigenvalue weighted by atomic mass is 16.5. The van der Waals surface area contributed by atoms with Gasteiger partial charge in [0.1, 0.15) is 5.75 Å². The minimum absolute atomic E-state index is 0.0468. The summed E-state index contributed by atoms with van der Waals surface area (Å²) in [5, 5.41) is 6.87. The van der Waals surface area contributed by atoms with E-state index in [1.807, 2.05) is 41.4 Å². The summed E-state index contributed by atoms with van der Waals surface area (Å²) >= 11 is 0. The van der Waals surface area contributed by atoms with Crippen LogP contribution in [0.4, 0.5) is 0 Å². The van der Waals surface area contributed by atoms with Crippen LogP contribution in [-0.4, -0.2) is 34.2 Å². The van der Waals surface area contributed by atoms with Crippen molar-refractivity contribution < 1.29 is 9.53 Å². The Bertz CT molecular complexity index is 1060. The lowest BCUT2D eigenvalue weighted by Gasteiger charge is -2.39. The average molecular weight is 388 g/mol. The van der Waals surface area contributed by atoms with Gasteiger partial charge in [-0.1, -0.05) is 24.3 Å². The van der Waals surface area contributed by atoms with E-state index in [1.54, 1.807) is 13.3 Å². The highest BCUT2D eigenvalue weighted by Crippen LogP contribution is 2.50. The predicted octanol–water partition coefficient (Wildman–Crippen LogP) is 3.45. The number of fused-ring (bicyclic) bond motifs is 2. The fraction of sp³-hybridized carbons (Fsp3) is 0.304. The number of H-pyrrole nitrogens is 1. The summed E-state index contributed by atoms with van der Waals surface area (Å²) in [6, 6.07) is 14.0. The predicted molar refractivity (Wildman–Crippen MR) is 110 cm³/mol. The van der Waals surface area contributed by atoms with Crippen LogP contribution in [0.15, 0.2) is 54.9 Å². The van der Waals surface area contributed by atoms with Gasteiger partial charge in [-0.3, -0.25) is 9.89 Å². The van der Waals surface area contributed by atoms with Crippen molar-refractivity contribution in [2.45, 2.75) is 37.4 Å². The largest absolute Gasteiger partial charge is 0.497 e. The summed E-state index contributed by atoms with van der Waals surface area (Å²) in [7, 11) is 1.65. The van der Waals surface area contributed by atoms with Crippen molar-refractivity contribution in [1.29, 1.82) is 0 Å². The number of rotatable bonds is 4. The van der Waals surface area contributed by atoms with E-state index >= 15 is 0 Å². The smallest absolute Gasteiger partial charge is 0.255 e. The van der Waals surface area contributed by atoms with Gasteiger partial charge in [-0.25, -0.2) is 0 Å². The van der Waals surface area contributed by atoms with Gasteiger partial charge in [-0.05, 0) is 54.2 Å². The number of benzene rings is 2. The fourth-order valence-corrected chi connectivity index (χ4v) is 5.01. The topological polar surface area (TPSA) is 84.2 Å². The maximum absolute atomic E-state index is 13.6. The molecule has 6 nitrogen and oxygen atoms in total. The second kappa shape index (κ2) is 6.74. The third-order valence-corrected chi connectivity index (χ3v) is 6.44. The molecule has 0 radical (unpaired) electrons. The van der Waals surface area contributed by atoms with Crippen molar-refractivity contribution in [2.75, 3.05) is 7.11 Å². The molecule has 2 aliphatic rings. The normalized spacial score (nSPS) is 23.0. The van der Waals surface area contributed by atoms with Crippen LogP contribution in [0.25, 0.3) is 11.1 Å². The first-order chi connectivity index (χ1) is 14.1. The van der Waals surface area contributed by atoms with Crippen molar-refractivity contribution in [3.05, 3.63) is 71.5 Å². The molecule has 2 unspecified atom stereocenters. The molecule has 1 fully saturated rings. The molecular formula is C23H24N4O2. The van der Waals surface area contributed by atoms with Gasteiger partial charge in [0, 0.05) is 29.9 Å². The number of nitrogens with zero attached hydrogens (tertiary/aromatic N) is 2. The molecule has 1 spiro atoms. The van der Waals surface area contributed by atoms with Crippen molar-refractivity contribution in [2.24, 2.45) is 5.73 Å². The van der Waals surface area contributed by atoms with Gasteiger partial charge in [0.15, 0.2) is 0 Å². The van der Waals surface area contributed by atoms with Gasteiger partial charge in [-0.2, -0.15) is 5.10 Å². The molecule has 1 aliphatic heterocycles. The number of amides is 1. The van der Waals surface area contributed by atoms with Crippen LogP contribution in [0, 0.1) is 0 Å². The van der Waals surface area contributed by atoms with Gasteiger partial charge < -0.3 is 15.4 Å². The maximum Gasteiger partial charge on any atom is 0.255 e. The van der Waals surface area contributed by atoms with E-state index in [0.29, 0.717) is 6.54 Å². The summed E-state index contributed by atoms with van der Waals surface area (Å²) in [5.74, 6) is 0.837. The first-order valence-corrected chi connectivity index (χ1v) is 9.97. The molecular weight excluding hydrogens is 364 g/mol. The number of hydrogen-bond donors (Lipinski definition) is 2. The van der Waals surface area contributed by atoms with Crippen LogP contribution >= 0.6 is 0 Å². The van der Waals surface area contributed by atoms with Crippen molar-refractivity contribution in [3.8, 4) is 16.9 Å². The van der Waals surface area contributed by atoms with Crippen molar-refractivity contribution in [1.82, 2.24) is 15.1 Å². The molecule has 1 amide bonds. The SMILES string of the molecule is COc1cccc(CN2C(=O)c3cc(-c4cn[nH]c4)ccc3C23CCCC3N)c1. The van der Waals surface area contributed by atoms with E-state index in [2.05, 4.69) is 22.3 Å². The van der Waals surface area contributed by atoms with E-state index in [4.69, 9.17) is 10.5 Å². The number of methoxy groups -OCH3 is 1. The molecule has 3 aromatic rings. The fourth-order valence-electron chi connectivity index (χ4n) is 5.01. The maximum atomic E-state index is 13.6. The summed E-state index contributed by atoms with van der Waals surface area (Å²) < 4.78 is 5.37. The van der Waals surface area contributed by atoms with E-state index in [0.717, 1.165) is 52.8 Å². The highest BCUT2D eigenvalue weighted by Gasteiger charge is 2.55. The Morgan fingerprint density at radius 1 is 1.28 bits per heavy atom.